The van der Waals surface area contributed by atoms with E-state index in [-0.39, 0.29) is 19.3 Å². The molecule has 2 aliphatic rings. The SMILES string of the molecule is CCNC(=O)COc1cc2c(cc1CNC1CC1)OCO2. The molecule has 1 aromatic rings. The lowest BCUT2D eigenvalue weighted by molar-refractivity contribution is -0.123. The van der Waals surface area contributed by atoms with Gasteiger partial charge in [0.15, 0.2) is 18.1 Å². The number of rotatable bonds is 7. The average Bonchev–Trinajstić information content (AvgIpc) is 3.19. The lowest BCUT2D eigenvalue weighted by Gasteiger charge is -2.13. The highest BCUT2D eigenvalue weighted by atomic mass is 16.7. The minimum Gasteiger partial charge on any atom is -0.483 e. The number of hydrogen-bond donors (Lipinski definition) is 2. The number of ether oxygens (including phenoxy) is 3. The summed E-state index contributed by atoms with van der Waals surface area (Å²) in [4.78, 5) is 11.5. The standard InChI is InChI=1S/C15H20N2O4/c1-2-16-15(18)8-19-12-6-14-13(20-9-21-14)5-10(12)7-17-11-3-4-11/h5-6,11,17H,2-4,7-9H2,1H3,(H,16,18). The number of fused-ring (bicyclic) bond motifs is 1. The van der Waals surface area contributed by atoms with E-state index in [1.807, 2.05) is 13.0 Å². The van der Waals surface area contributed by atoms with Crippen LogP contribution in [-0.4, -0.2) is 31.9 Å². The molecule has 1 aromatic carbocycles. The van der Waals surface area contributed by atoms with Crippen molar-refractivity contribution in [3.05, 3.63) is 17.7 Å². The van der Waals surface area contributed by atoms with Crippen molar-refractivity contribution in [1.29, 1.82) is 0 Å². The quantitative estimate of drug-likeness (QED) is 0.790. The summed E-state index contributed by atoms with van der Waals surface area (Å²) in [6, 6.07) is 4.32. The second kappa shape index (κ2) is 6.22. The zero-order valence-corrected chi connectivity index (χ0v) is 12.1. The van der Waals surface area contributed by atoms with Gasteiger partial charge in [-0.3, -0.25) is 4.79 Å². The third-order valence-electron chi connectivity index (χ3n) is 3.45. The first-order chi connectivity index (χ1) is 10.3. The maximum Gasteiger partial charge on any atom is 0.257 e. The van der Waals surface area contributed by atoms with Crippen molar-refractivity contribution >= 4 is 5.91 Å². The summed E-state index contributed by atoms with van der Waals surface area (Å²) in [5.41, 5.74) is 0.982. The summed E-state index contributed by atoms with van der Waals surface area (Å²) in [5, 5.41) is 6.15. The molecule has 6 heteroatoms. The largest absolute Gasteiger partial charge is 0.483 e. The van der Waals surface area contributed by atoms with E-state index in [2.05, 4.69) is 10.6 Å². The van der Waals surface area contributed by atoms with E-state index >= 15 is 0 Å². The minimum absolute atomic E-state index is 0.00388. The Bertz CT molecular complexity index is 529. The maximum atomic E-state index is 11.5. The molecule has 1 amide bonds. The van der Waals surface area contributed by atoms with Gasteiger partial charge < -0.3 is 24.8 Å². The smallest absolute Gasteiger partial charge is 0.257 e. The first-order valence-electron chi connectivity index (χ1n) is 7.31. The molecule has 21 heavy (non-hydrogen) atoms. The molecule has 1 aliphatic carbocycles. The number of likely N-dealkylation sites (N-methyl/N-ethyl adjacent to an activating group) is 1. The molecule has 2 N–H and O–H groups in total. The Balaban J connectivity index is 1.70. The van der Waals surface area contributed by atoms with Crippen molar-refractivity contribution in [2.24, 2.45) is 0 Å². The average molecular weight is 292 g/mol. The number of carbonyl (C=O) groups excluding carboxylic acids is 1. The van der Waals surface area contributed by atoms with Crippen LogP contribution in [0.2, 0.25) is 0 Å². The molecule has 3 rings (SSSR count). The summed E-state index contributed by atoms with van der Waals surface area (Å²) < 4.78 is 16.4. The molecule has 0 radical (unpaired) electrons. The second-order valence-electron chi connectivity index (χ2n) is 5.21. The summed E-state index contributed by atoms with van der Waals surface area (Å²) in [7, 11) is 0. The van der Waals surface area contributed by atoms with Crippen LogP contribution in [0.5, 0.6) is 17.2 Å². The van der Waals surface area contributed by atoms with E-state index in [1.165, 1.54) is 12.8 Å². The lowest BCUT2D eigenvalue weighted by atomic mass is 10.1. The Kier molecular flexibility index (Phi) is 4.15. The van der Waals surface area contributed by atoms with Gasteiger partial charge in [0.2, 0.25) is 6.79 Å². The number of hydrogen-bond acceptors (Lipinski definition) is 5. The summed E-state index contributed by atoms with van der Waals surface area (Å²) in [6.45, 7) is 3.41. The van der Waals surface area contributed by atoms with E-state index in [4.69, 9.17) is 14.2 Å². The highest BCUT2D eigenvalue weighted by Crippen LogP contribution is 2.38. The Hall–Kier alpha value is -1.95. The van der Waals surface area contributed by atoms with Crippen molar-refractivity contribution in [2.45, 2.75) is 32.4 Å². The van der Waals surface area contributed by atoms with Gasteiger partial charge in [-0.25, -0.2) is 0 Å². The third-order valence-corrected chi connectivity index (χ3v) is 3.45. The van der Waals surface area contributed by atoms with E-state index < -0.39 is 0 Å². The Labute approximate surface area is 123 Å². The van der Waals surface area contributed by atoms with Crippen LogP contribution in [0.25, 0.3) is 0 Å². The molecule has 0 unspecified atom stereocenters. The molecule has 1 fully saturated rings. The van der Waals surface area contributed by atoms with Crippen LogP contribution in [0, 0.1) is 0 Å². The number of amides is 1. The van der Waals surface area contributed by atoms with Crippen LogP contribution in [0.4, 0.5) is 0 Å². The lowest BCUT2D eigenvalue weighted by Crippen LogP contribution is -2.28. The third kappa shape index (κ3) is 3.58. The molecular formula is C15H20N2O4. The minimum atomic E-state index is -0.128. The zero-order chi connectivity index (χ0) is 14.7. The molecule has 1 heterocycles. The number of nitrogens with one attached hydrogen (secondary N) is 2. The topological polar surface area (TPSA) is 68.8 Å². The second-order valence-corrected chi connectivity index (χ2v) is 5.21. The maximum absolute atomic E-state index is 11.5. The predicted molar refractivity (Wildman–Crippen MR) is 76.6 cm³/mol. The highest BCUT2D eigenvalue weighted by Gasteiger charge is 2.23. The molecule has 0 spiro atoms. The fourth-order valence-corrected chi connectivity index (χ4v) is 2.17. The van der Waals surface area contributed by atoms with Gasteiger partial charge in [0.1, 0.15) is 5.75 Å². The first-order valence-corrected chi connectivity index (χ1v) is 7.31. The highest BCUT2D eigenvalue weighted by molar-refractivity contribution is 5.77. The van der Waals surface area contributed by atoms with Crippen LogP contribution >= 0.6 is 0 Å². The molecule has 114 valence electrons. The zero-order valence-electron chi connectivity index (χ0n) is 12.1. The molecule has 6 nitrogen and oxygen atoms in total. The normalized spacial score (nSPS) is 15.9. The molecule has 0 saturated heterocycles. The van der Waals surface area contributed by atoms with Crippen molar-refractivity contribution in [2.75, 3.05) is 19.9 Å². The van der Waals surface area contributed by atoms with Crippen LogP contribution in [0.1, 0.15) is 25.3 Å². The molecular weight excluding hydrogens is 272 g/mol. The van der Waals surface area contributed by atoms with Gasteiger partial charge >= 0.3 is 0 Å². The first kappa shape index (κ1) is 14.0. The van der Waals surface area contributed by atoms with E-state index in [0.717, 1.165) is 11.3 Å². The van der Waals surface area contributed by atoms with Crippen molar-refractivity contribution in [3.63, 3.8) is 0 Å². The molecule has 0 bridgehead atoms. The van der Waals surface area contributed by atoms with Gasteiger partial charge in [-0.05, 0) is 25.8 Å². The van der Waals surface area contributed by atoms with Gasteiger partial charge in [-0.2, -0.15) is 0 Å². The van der Waals surface area contributed by atoms with Crippen molar-refractivity contribution in [1.82, 2.24) is 10.6 Å². The number of carbonyl (C=O) groups is 1. The van der Waals surface area contributed by atoms with Crippen molar-refractivity contribution < 1.29 is 19.0 Å². The van der Waals surface area contributed by atoms with Gasteiger partial charge in [0.05, 0.1) is 0 Å². The van der Waals surface area contributed by atoms with Crippen molar-refractivity contribution in [3.8, 4) is 17.2 Å². The van der Waals surface area contributed by atoms with E-state index in [1.54, 1.807) is 6.07 Å². The monoisotopic (exact) mass is 292 g/mol. The van der Waals surface area contributed by atoms with Crippen LogP contribution in [-0.2, 0) is 11.3 Å². The van der Waals surface area contributed by atoms with Gasteiger partial charge in [-0.1, -0.05) is 0 Å². The van der Waals surface area contributed by atoms with Gasteiger partial charge in [0.25, 0.3) is 5.91 Å². The molecule has 1 saturated carbocycles. The summed E-state index contributed by atoms with van der Waals surface area (Å²) in [5.74, 6) is 1.93. The van der Waals surface area contributed by atoms with Gasteiger partial charge in [0, 0.05) is 30.8 Å². The van der Waals surface area contributed by atoms with Crippen LogP contribution < -0.4 is 24.8 Å². The van der Waals surface area contributed by atoms with E-state index in [0.29, 0.717) is 30.6 Å². The molecule has 0 atom stereocenters. The fourth-order valence-electron chi connectivity index (χ4n) is 2.17. The summed E-state index contributed by atoms with van der Waals surface area (Å²) >= 11 is 0. The van der Waals surface area contributed by atoms with Gasteiger partial charge in [-0.15, -0.1) is 0 Å². The van der Waals surface area contributed by atoms with E-state index in [9.17, 15) is 4.79 Å². The predicted octanol–water partition coefficient (Wildman–Crippen LogP) is 1.18. The fraction of sp³-hybridized carbons (Fsp3) is 0.533. The Morgan fingerprint density at radius 3 is 2.81 bits per heavy atom. The van der Waals surface area contributed by atoms with Crippen LogP contribution in [0.15, 0.2) is 12.1 Å². The summed E-state index contributed by atoms with van der Waals surface area (Å²) in [6.07, 6.45) is 2.44. The van der Waals surface area contributed by atoms with Crippen LogP contribution in [0.3, 0.4) is 0 Å². The molecule has 0 aromatic heterocycles. The number of benzene rings is 1. The Morgan fingerprint density at radius 1 is 1.33 bits per heavy atom. The molecule has 1 aliphatic heterocycles. The Morgan fingerprint density at radius 2 is 2.10 bits per heavy atom.